The van der Waals surface area contributed by atoms with Crippen LogP contribution in [0.1, 0.15) is 26.3 Å². The van der Waals surface area contributed by atoms with Crippen LogP contribution in [-0.2, 0) is 9.84 Å². The highest BCUT2D eigenvalue weighted by Gasteiger charge is 2.17. The Kier molecular flexibility index (Phi) is 6.75. The van der Waals surface area contributed by atoms with E-state index in [-0.39, 0.29) is 4.90 Å². The number of aromatic nitrogens is 1. The SMILES string of the molecule is Cc1ccc(NC(=O)c2ccccc2NC(=O)c2ccc(-c3ccccc3S(C)(=O)=O)cc2)nc1. The molecule has 0 unspecified atom stereocenters. The molecule has 4 rings (SSSR count). The summed E-state index contributed by atoms with van der Waals surface area (Å²) in [6.07, 6.45) is 2.82. The zero-order valence-corrected chi connectivity index (χ0v) is 20.0. The van der Waals surface area contributed by atoms with E-state index in [1.807, 2.05) is 13.0 Å². The first-order valence-corrected chi connectivity index (χ1v) is 12.7. The lowest BCUT2D eigenvalue weighted by atomic mass is 10.0. The van der Waals surface area contributed by atoms with Crippen molar-refractivity contribution in [2.45, 2.75) is 11.8 Å². The Morgan fingerprint density at radius 2 is 1.46 bits per heavy atom. The van der Waals surface area contributed by atoms with E-state index in [2.05, 4.69) is 15.6 Å². The number of nitrogens with one attached hydrogen (secondary N) is 2. The van der Waals surface area contributed by atoms with Gasteiger partial charge >= 0.3 is 0 Å². The summed E-state index contributed by atoms with van der Waals surface area (Å²) in [6.45, 7) is 1.90. The lowest BCUT2D eigenvalue weighted by molar-refractivity contribution is 0.102. The number of anilines is 2. The van der Waals surface area contributed by atoms with Crippen LogP contribution in [0.15, 0.2) is 96.0 Å². The van der Waals surface area contributed by atoms with E-state index in [4.69, 9.17) is 0 Å². The summed E-state index contributed by atoms with van der Waals surface area (Å²) in [5.74, 6) is -0.390. The second kappa shape index (κ2) is 9.90. The molecule has 8 heteroatoms. The van der Waals surface area contributed by atoms with Gasteiger partial charge in [0.05, 0.1) is 16.1 Å². The van der Waals surface area contributed by atoms with Crippen LogP contribution in [0.25, 0.3) is 11.1 Å². The Labute approximate surface area is 203 Å². The average molecular weight is 486 g/mol. The van der Waals surface area contributed by atoms with Gasteiger partial charge in [0.2, 0.25) is 0 Å². The van der Waals surface area contributed by atoms with E-state index in [1.54, 1.807) is 85.1 Å². The summed E-state index contributed by atoms with van der Waals surface area (Å²) in [5.41, 5.74) is 3.22. The average Bonchev–Trinajstić information content (AvgIpc) is 2.85. The molecule has 4 aromatic rings. The van der Waals surface area contributed by atoms with Gasteiger partial charge in [-0.2, -0.15) is 0 Å². The number of nitrogens with zero attached hydrogens (tertiary/aromatic N) is 1. The Bertz CT molecular complexity index is 1500. The predicted octanol–water partition coefficient (Wildman–Crippen LogP) is 4.97. The third-order valence-electron chi connectivity index (χ3n) is 5.32. The number of carbonyl (C=O) groups is 2. The molecule has 0 radical (unpaired) electrons. The lowest BCUT2D eigenvalue weighted by Crippen LogP contribution is -2.18. The van der Waals surface area contributed by atoms with Crippen LogP contribution in [0.4, 0.5) is 11.5 Å². The second-order valence-electron chi connectivity index (χ2n) is 8.02. The monoisotopic (exact) mass is 485 g/mol. The molecule has 7 nitrogen and oxygen atoms in total. The van der Waals surface area contributed by atoms with Crippen molar-refractivity contribution in [3.05, 3.63) is 108 Å². The van der Waals surface area contributed by atoms with Gasteiger partial charge < -0.3 is 10.6 Å². The van der Waals surface area contributed by atoms with Gasteiger partial charge in [-0.1, -0.05) is 48.5 Å². The minimum absolute atomic E-state index is 0.222. The highest BCUT2D eigenvalue weighted by Crippen LogP contribution is 2.27. The maximum absolute atomic E-state index is 12.9. The standard InChI is InChI=1S/C27H23N3O4S/c1-18-11-16-25(28-17-18)30-27(32)22-8-3-5-9-23(22)29-26(31)20-14-12-19(13-15-20)21-7-4-6-10-24(21)35(2,33)34/h3-17H,1-2H3,(H,29,31)(H,28,30,32). The highest BCUT2D eigenvalue weighted by atomic mass is 32.2. The maximum Gasteiger partial charge on any atom is 0.258 e. The van der Waals surface area contributed by atoms with E-state index in [0.29, 0.717) is 33.8 Å². The Morgan fingerprint density at radius 3 is 2.14 bits per heavy atom. The molecule has 0 aliphatic heterocycles. The zero-order chi connectivity index (χ0) is 25.0. The third kappa shape index (κ3) is 5.62. The lowest BCUT2D eigenvalue weighted by Gasteiger charge is -2.12. The summed E-state index contributed by atoms with van der Waals surface area (Å²) in [7, 11) is -3.41. The van der Waals surface area contributed by atoms with Gasteiger partial charge in [0, 0.05) is 23.6 Å². The number of benzene rings is 3. The summed E-state index contributed by atoms with van der Waals surface area (Å²) >= 11 is 0. The summed E-state index contributed by atoms with van der Waals surface area (Å²) in [5, 5.41) is 5.51. The molecule has 0 spiro atoms. The van der Waals surface area contributed by atoms with Gasteiger partial charge in [-0.05, 0) is 54.4 Å². The molecule has 0 atom stereocenters. The molecule has 0 aliphatic carbocycles. The molecule has 1 heterocycles. The van der Waals surface area contributed by atoms with Crippen LogP contribution < -0.4 is 10.6 Å². The third-order valence-corrected chi connectivity index (χ3v) is 6.47. The van der Waals surface area contributed by atoms with Gasteiger partial charge in [0.25, 0.3) is 11.8 Å². The minimum atomic E-state index is -3.41. The minimum Gasteiger partial charge on any atom is -0.321 e. The molecular weight excluding hydrogens is 462 g/mol. The van der Waals surface area contributed by atoms with Crippen molar-refractivity contribution in [1.82, 2.24) is 4.98 Å². The van der Waals surface area contributed by atoms with Crippen LogP contribution >= 0.6 is 0 Å². The van der Waals surface area contributed by atoms with E-state index in [9.17, 15) is 18.0 Å². The van der Waals surface area contributed by atoms with Gasteiger partial charge in [0.15, 0.2) is 9.84 Å². The quantitative estimate of drug-likeness (QED) is 0.401. The van der Waals surface area contributed by atoms with E-state index < -0.39 is 21.7 Å². The molecule has 1 aromatic heterocycles. The van der Waals surface area contributed by atoms with Gasteiger partial charge in [-0.25, -0.2) is 13.4 Å². The van der Waals surface area contributed by atoms with Crippen LogP contribution in [0, 0.1) is 6.92 Å². The second-order valence-corrected chi connectivity index (χ2v) is 10.0. The van der Waals surface area contributed by atoms with Crippen molar-refractivity contribution in [2.24, 2.45) is 0 Å². The molecule has 0 aliphatic rings. The number of amides is 2. The maximum atomic E-state index is 12.9. The van der Waals surface area contributed by atoms with Crippen molar-refractivity contribution in [2.75, 3.05) is 16.9 Å². The van der Waals surface area contributed by atoms with Crippen molar-refractivity contribution in [1.29, 1.82) is 0 Å². The largest absolute Gasteiger partial charge is 0.321 e. The normalized spacial score (nSPS) is 11.0. The molecule has 176 valence electrons. The van der Waals surface area contributed by atoms with Crippen LogP contribution in [0.3, 0.4) is 0 Å². The number of para-hydroxylation sites is 1. The van der Waals surface area contributed by atoms with Crippen LogP contribution in [0.5, 0.6) is 0 Å². The first-order chi connectivity index (χ1) is 16.7. The number of sulfone groups is 1. The van der Waals surface area contributed by atoms with Crippen LogP contribution in [-0.4, -0.2) is 31.5 Å². The van der Waals surface area contributed by atoms with Crippen molar-refractivity contribution < 1.29 is 18.0 Å². The van der Waals surface area contributed by atoms with E-state index in [1.165, 1.54) is 0 Å². The molecule has 2 amide bonds. The number of pyridine rings is 1. The molecule has 3 aromatic carbocycles. The summed E-state index contributed by atoms with van der Waals surface area (Å²) < 4.78 is 24.2. The van der Waals surface area contributed by atoms with Crippen molar-refractivity contribution in [3.8, 4) is 11.1 Å². The number of hydrogen-bond acceptors (Lipinski definition) is 5. The van der Waals surface area contributed by atoms with Crippen molar-refractivity contribution >= 4 is 33.2 Å². The fraction of sp³-hybridized carbons (Fsp3) is 0.0741. The molecule has 0 saturated carbocycles. The fourth-order valence-corrected chi connectivity index (χ4v) is 4.45. The number of hydrogen-bond donors (Lipinski definition) is 2. The van der Waals surface area contributed by atoms with Crippen molar-refractivity contribution in [3.63, 3.8) is 0 Å². The first kappa shape index (κ1) is 23.8. The topological polar surface area (TPSA) is 105 Å². The number of aryl methyl sites for hydroxylation is 1. The molecular formula is C27H23N3O4S. The molecule has 0 bridgehead atoms. The summed E-state index contributed by atoms with van der Waals surface area (Å²) in [6, 6.07) is 23.6. The van der Waals surface area contributed by atoms with E-state index in [0.717, 1.165) is 11.8 Å². The zero-order valence-electron chi connectivity index (χ0n) is 19.1. The van der Waals surface area contributed by atoms with Gasteiger partial charge in [-0.15, -0.1) is 0 Å². The Morgan fingerprint density at radius 1 is 0.771 bits per heavy atom. The summed E-state index contributed by atoms with van der Waals surface area (Å²) in [4.78, 5) is 30.1. The van der Waals surface area contributed by atoms with E-state index >= 15 is 0 Å². The number of carbonyl (C=O) groups excluding carboxylic acids is 2. The van der Waals surface area contributed by atoms with Gasteiger partial charge in [-0.3, -0.25) is 9.59 Å². The fourth-order valence-electron chi connectivity index (χ4n) is 3.54. The molecule has 35 heavy (non-hydrogen) atoms. The molecule has 0 saturated heterocycles. The first-order valence-electron chi connectivity index (χ1n) is 10.8. The highest BCUT2D eigenvalue weighted by molar-refractivity contribution is 7.90. The Hall–Kier alpha value is -4.30. The molecule has 0 fully saturated rings. The van der Waals surface area contributed by atoms with Crippen LogP contribution in [0.2, 0.25) is 0 Å². The number of rotatable bonds is 6. The Balaban J connectivity index is 1.53. The smallest absolute Gasteiger partial charge is 0.258 e. The molecule has 2 N–H and O–H groups in total. The van der Waals surface area contributed by atoms with Gasteiger partial charge in [0.1, 0.15) is 5.82 Å². The predicted molar refractivity (Wildman–Crippen MR) is 136 cm³/mol.